The summed E-state index contributed by atoms with van der Waals surface area (Å²) < 4.78 is 6.17. The second-order valence-corrected chi connectivity index (χ2v) is 14.6. The van der Waals surface area contributed by atoms with Crippen LogP contribution in [0.5, 0.6) is 0 Å². The summed E-state index contributed by atoms with van der Waals surface area (Å²) in [5.74, 6) is -0.399. The van der Waals surface area contributed by atoms with Crippen molar-refractivity contribution in [2.75, 3.05) is 4.43 Å². The van der Waals surface area contributed by atoms with Crippen molar-refractivity contribution in [2.24, 2.45) is 0 Å². The molecule has 2 N–H and O–H groups in total. The van der Waals surface area contributed by atoms with Crippen molar-refractivity contribution in [3.63, 3.8) is 0 Å². The lowest BCUT2D eigenvalue weighted by atomic mass is 10.1. The van der Waals surface area contributed by atoms with Crippen LogP contribution in [0.1, 0.15) is 25.3 Å². The Morgan fingerprint density at radius 2 is 1.71 bits per heavy atom. The predicted molar refractivity (Wildman–Crippen MR) is 122 cm³/mol. The maximum absolute atomic E-state index is 12.8. The number of alkyl halides is 1. The Bertz CT molecular complexity index is 649. The molecule has 0 bridgehead atoms. The van der Waals surface area contributed by atoms with Crippen LogP contribution in [-0.4, -0.2) is 42.4 Å². The summed E-state index contributed by atoms with van der Waals surface area (Å²) in [7, 11) is -1.66. The highest BCUT2D eigenvalue weighted by atomic mass is 127. The molecule has 1 aromatic carbocycles. The molecule has 0 aromatic heterocycles. The largest absolute Gasteiger partial charge is 0.445 e. The zero-order valence-electron chi connectivity index (χ0n) is 17.1. The lowest BCUT2D eigenvalue weighted by Gasteiger charge is -2.26. The van der Waals surface area contributed by atoms with E-state index in [1.807, 2.05) is 30.3 Å². The van der Waals surface area contributed by atoms with Crippen molar-refractivity contribution in [1.82, 2.24) is 10.6 Å². The average molecular weight is 518 g/mol. The third kappa shape index (κ3) is 10.2. The Labute approximate surface area is 182 Å². The molecule has 156 valence electrons. The molecule has 2 amide bonds. The van der Waals surface area contributed by atoms with Gasteiger partial charge in [-0.2, -0.15) is 0 Å². The summed E-state index contributed by atoms with van der Waals surface area (Å²) in [6.07, 6.45) is 0.812. The Kier molecular flexibility index (Phi) is 10.7. The number of ether oxygens (including phenoxy) is 1. The molecule has 28 heavy (non-hydrogen) atoms. The van der Waals surface area contributed by atoms with Gasteiger partial charge in [-0.3, -0.25) is 9.59 Å². The van der Waals surface area contributed by atoms with Crippen molar-refractivity contribution >= 4 is 48.4 Å². The van der Waals surface area contributed by atoms with Crippen molar-refractivity contribution < 1.29 is 19.1 Å². The summed E-state index contributed by atoms with van der Waals surface area (Å²) in [6.45, 7) is 8.00. The number of amides is 2. The molecule has 0 spiro atoms. The lowest BCUT2D eigenvalue weighted by molar-refractivity contribution is -0.128. The fraction of sp³-hybridized carbons (Fsp3) is 0.550. The van der Waals surface area contributed by atoms with E-state index < -0.39 is 26.3 Å². The quantitative estimate of drug-likeness (QED) is 0.264. The van der Waals surface area contributed by atoms with Gasteiger partial charge in [0.1, 0.15) is 12.6 Å². The molecule has 0 heterocycles. The maximum Gasteiger partial charge on any atom is 0.408 e. The van der Waals surface area contributed by atoms with Gasteiger partial charge in [0.05, 0.1) is 6.04 Å². The first-order valence-electron chi connectivity index (χ1n) is 9.46. The van der Waals surface area contributed by atoms with E-state index >= 15 is 0 Å². The minimum Gasteiger partial charge on any atom is -0.445 e. The number of ketones is 1. The lowest BCUT2D eigenvalue weighted by Crippen LogP contribution is -2.53. The number of alkyl carbamates (subject to hydrolysis) is 1. The molecule has 1 aromatic rings. The van der Waals surface area contributed by atoms with Crippen molar-refractivity contribution in [3.05, 3.63) is 35.9 Å². The van der Waals surface area contributed by atoms with Crippen molar-refractivity contribution in [1.29, 1.82) is 0 Å². The van der Waals surface area contributed by atoms with E-state index in [9.17, 15) is 14.4 Å². The standard InChI is InChI=1S/C20H31IN2O4Si/c1-15(24)17(11-8-12-21)22-19(25)18(14-28(2,3)4)23-20(26)27-13-16-9-6-5-7-10-16/h5-7,9-10,17-18H,8,11-14H2,1-4H3,(H,22,25)(H,23,26)/t17-,18+/m0/s1. The fourth-order valence-electron chi connectivity index (χ4n) is 2.66. The van der Waals surface area contributed by atoms with Gasteiger partial charge in [-0.1, -0.05) is 72.6 Å². The molecule has 2 atom stereocenters. The summed E-state index contributed by atoms with van der Waals surface area (Å²) in [5.41, 5.74) is 0.874. The minimum absolute atomic E-state index is 0.0726. The second-order valence-electron chi connectivity index (χ2n) is 8.03. The van der Waals surface area contributed by atoms with Gasteiger partial charge in [0, 0.05) is 8.07 Å². The van der Waals surface area contributed by atoms with Crippen LogP contribution in [0, 0.1) is 0 Å². The molecule has 6 nitrogen and oxygen atoms in total. The van der Waals surface area contributed by atoms with Gasteiger partial charge in [0.15, 0.2) is 5.78 Å². The minimum atomic E-state index is -1.66. The van der Waals surface area contributed by atoms with Gasteiger partial charge in [-0.05, 0) is 35.8 Å². The van der Waals surface area contributed by atoms with Crippen molar-refractivity contribution in [2.45, 2.75) is 64.1 Å². The highest BCUT2D eigenvalue weighted by molar-refractivity contribution is 14.1. The van der Waals surface area contributed by atoms with E-state index in [1.165, 1.54) is 6.92 Å². The SMILES string of the molecule is CC(=O)[C@H](CCCI)NC(=O)[C@@H](C[Si](C)(C)C)NC(=O)OCc1ccccc1. The molecular weight excluding hydrogens is 487 g/mol. The summed E-state index contributed by atoms with van der Waals surface area (Å²) in [6, 6.07) is 8.70. The molecule has 0 saturated heterocycles. The van der Waals surface area contributed by atoms with Gasteiger partial charge in [-0.15, -0.1) is 0 Å². The summed E-state index contributed by atoms with van der Waals surface area (Å²) in [4.78, 5) is 36.9. The molecule has 1 rings (SSSR count). The van der Waals surface area contributed by atoms with Crippen LogP contribution in [0.2, 0.25) is 25.7 Å². The molecule has 0 fully saturated rings. The van der Waals surface area contributed by atoms with E-state index in [-0.39, 0.29) is 18.3 Å². The third-order valence-corrected chi connectivity index (χ3v) is 6.47. The van der Waals surface area contributed by atoms with Gasteiger partial charge < -0.3 is 15.4 Å². The number of Topliss-reactive ketones (excluding diaryl/α,β-unsaturated/α-hetero) is 1. The number of hydrogen-bond donors (Lipinski definition) is 2. The van der Waals surface area contributed by atoms with Crippen molar-refractivity contribution in [3.8, 4) is 0 Å². The molecule has 8 heteroatoms. The average Bonchev–Trinajstić information content (AvgIpc) is 2.62. The van der Waals surface area contributed by atoms with E-state index in [1.54, 1.807) is 0 Å². The number of rotatable bonds is 11. The zero-order chi connectivity index (χ0) is 21.2. The van der Waals surface area contributed by atoms with Crippen LogP contribution in [0.4, 0.5) is 4.79 Å². The number of carbonyl (C=O) groups excluding carboxylic acids is 3. The monoisotopic (exact) mass is 518 g/mol. The Hall–Kier alpha value is -1.42. The van der Waals surface area contributed by atoms with Crippen LogP contribution in [-0.2, 0) is 20.9 Å². The molecule has 0 aliphatic rings. The highest BCUT2D eigenvalue weighted by Crippen LogP contribution is 2.13. The number of benzene rings is 1. The van der Waals surface area contributed by atoms with Crippen LogP contribution in [0.3, 0.4) is 0 Å². The maximum atomic E-state index is 12.8. The smallest absolute Gasteiger partial charge is 0.408 e. The Morgan fingerprint density at radius 3 is 2.25 bits per heavy atom. The summed E-state index contributed by atoms with van der Waals surface area (Å²) >= 11 is 2.25. The fourth-order valence-corrected chi connectivity index (χ4v) is 4.61. The van der Waals surface area contributed by atoms with Crippen LogP contribution >= 0.6 is 22.6 Å². The van der Waals surface area contributed by atoms with Gasteiger partial charge >= 0.3 is 6.09 Å². The van der Waals surface area contributed by atoms with Gasteiger partial charge in [-0.25, -0.2) is 4.79 Å². The molecule has 0 aliphatic heterocycles. The molecule has 0 aliphatic carbocycles. The summed E-state index contributed by atoms with van der Waals surface area (Å²) in [5, 5.41) is 5.51. The normalized spacial score (nSPS) is 13.3. The van der Waals surface area contributed by atoms with E-state index in [0.717, 1.165) is 16.4 Å². The molecular formula is C20H31IN2O4Si. The van der Waals surface area contributed by atoms with E-state index in [0.29, 0.717) is 12.5 Å². The van der Waals surface area contributed by atoms with E-state index in [2.05, 4.69) is 52.9 Å². The second kappa shape index (κ2) is 12.2. The highest BCUT2D eigenvalue weighted by Gasteiger charge is 2.30. The molecule has 0 saturated carbocycles. The van der Waals surface area contributed by atoms with Crippen LogP contribution in [0.25, 0.3) is 0 Å². The van der Waals surface area contributed by atoms with Gasteiger partial charge in [0.2, 0.25) is 5.91 Å². The van der Waals surface area contributed by atoms with Gasteiger partial charge in [0.25, 0.3) is 0 Å². The zero-order valence-corrected chi connectivity index (χ0v) is 20.2. The van der Waals surface area contributed by atoms with E-state index in [4.69, 9.17) is 4.74 Å². The Balaban J connectivity index is 2.73. The first-order chi connectivity index (χ1) is 13.1. The predicted octanol–water partition coefficient (Wildman–Crippen LogP) is 3.91. The van der Waals surface area contributed by atoms with Crippen LogP contribution in [0.15, 0.2) is 30.3 Å². The number of nitrogens with one attached hydrogen (secondary N) is 2. The van der Waals surface area contributed by atoms with Crippen LogP contribution < -0.4 is 10.6 Å². The first-order valence-corrected chi connectivity index (χ1v) is 14.7. The number of carbonyl (C=O) groups is 3. The number of halogens is 1. The topological polar surface area (TPSA) is 84.5 Å². The molecule has 0 unspecified atom stereocenters. The molecule has 0 radical (unpaired) electrons. The number of hydrogen-bond acceptors (Lipinski definition) is 4. The first kappa shape index (κ1) is 24.6. The third-order valence-electron chi connectivity index (χ3n) is 4.07. The Morgan fingerprint density at radius 1 is 1.07 bits per heavy atom.